The SMILES string of the molecule is COc1ccc(CC(=O)N2CC(n3cc(C4CC4)nn3)C2)cc1OC. The van der Waals surface area contributed by atoms with Gasteiger partial charge in [0.1, 0.15) is 0 Å². The average molecular weight is 342 g/mol. The monoisotopic (exact) mass is 342 g/mol. The Morgan fingerprint density at radius 3 is 2.64 bits per heavy atom. The number of hydrogen-bond acceptors (Lipinski definition) is 5. The molecule has 1 aromatic heterocycles. The molecule has 0 bridgehead atoms. The van der Waals surface area contributed by atoms with Gasteiger partial charge < -0.3 is 14.4 Å². The third-order valence-electron chi connectivity index (χ3n) is 4.92. The van der Waals surface area contributed by atoms with E-state index in [4.69, 9.17) is 9.47 Å². The Labute approximate surface area is 146 Å². The Hall–Kier alpha value is -2.57. The van der Waals surface area contributed by atoms with Crippen molar-refractivity contribution >= 4 is 5.91 Å². The van der Waals surface area contributed by atoms with Crippen LogP contribution in [0.5, 0.6) is 11.5 Å². The van der Waals surface area contributed by atoms with Gasteiger partial charge in [0.25, 0.3) is 0 Å². The molecule has 2 aromatic rings. The summed E-state index contributed by atoms with van der Waals surface area (Å²) in [7, 11) is 3.19. The van der Waals surface area contributed by atoms with Crippen molar-refractivity contribution in [3.8, 4) is 11.5 Å². The predicted octanol–water partition coefficient (Wildman–Crippen LogP) is 1.80. The lowest BCUT2D eigenvalue weighted by Gasteiger charge is -2.39. The summed E-state index contributed by atoms with van der Waals surface area (Å²) in [5.41, 5.74) is 2.01. The van der Waals surface area contributed by atoms with Gasteiger partial charge in [-0.15, -0.1) is 5.10 Å². The highest BCUT2D eigenvalue weighted by molar-refractivity contribution is 5.79. The van der Waals surface area contributed by atoms with Crippen molar-refractivity contribution in [2.45, 2.75) is 31.2 Å². The zero-order valence-electron chi connectivity index (χ0n) is 14.5. The van der Waals surface area contributed by atoms with Crippen LogP contribution in [0.1, 0.15) is 36.1 Å². The van der Waals surface area contributed by atoms with Crippen LogP contribution in [0.3, 0.4) is 0 Å². The van der Waals surface area contributed by atoms with E-state index in [1.165, 1.54) is 12.8 Å². The van der Waals surface area contributed by atoms with Gasteiger partial charge in [0.15, 0.2) is 11.5 Å². The quantitative estimate of drug-likeness (QED) is 0.801. The second-order valence-corrected chi connectivity index (χ2v) is 6.72. The minimum atomic E-state index is 0.117. The third kappa shape index (κ3) is 3.18. The molecular formula is C18H22N4O3. The van der Waals surface area contributed by atoms with Crippen molar-refractivity contribution in [1.29, 1.82) is 0 Å². The van der Waals surface area contributed by atoms with E-state index in [-0.39, 0.29) is 11.9 Å². The molecule has 132 valence electrons. The van der Waals surface area contributed by atoms with E-state index in [0.29, 0.717) is 36.9 Å². The third-order valence-corrected chi connectivity index (χ3v) is 4.92. The van der Waals surface area contributed by atoms with Crippen LogP contribution in [-0.2, 0) is 11.2 Å². The first-order valence-electron chi connectivity index (χ1n) is 8.58. The first-order valence-corrected chi connectivity index (χ1v) is 8.58. The molecule has 7 nitrogen and oxygen atoms in total. The first kappa shape index (κ1) is 15.9. The number of hydrogen-bond donors (Lipinski definition) is 0. The number of rotatable bonds is 6. The minimum Gasteiger partial charge on any atom is -0.493 e. The molecule has 25 heavy (non-hydrogen) atoms. The molecule has 4 rings (SSSR count). The van der Waals surface area contributed by atoms with E-state index >= 15 is 0 Å². The molecule has 2 aliphatic rings. The number of methoxy groups -OCH3 is 2. The Morgan fingerprint density at radius 2 is 1.96 bits per heavy atom. The molecular weight excluding hydrogens is 320 g/mol. The molecule has 0 unspecified atom stereocenters. The summed E-state index contributed by atoms with van der Waals surface area (Å²) in [5.74, 6) is 2.03. The van der Waals surface area contributed by atoms with Crippen LogP contribution in [0.25, 0.3) is 0 Å². The van der Waals surface area contributed by atoms with Crippen LogP contribution in [0.15, 0.2) is 24.4 Å². The summed E-state index contributed by atoms with van der Waals surface area (Å²) in [6, 6.07) is 5.83. The number of benzene rings is 1. The number of nitrogens with zero attached hydrogens (tertiary/aromatic N) is 4. The van der Waals surface area contributed by atoms with Gasteiger partial charge >= 0.3 is 0 Å². The summed E-state index contributed by atoms with van der Waals surface area (Å²) in [5, 5.41) is 8.46. The molecule has 1 saturated carbocycles. The van der Waals surface area contributed by atoms with Gasteiger partial charge in [-0.3, -0.25) is 4.79 Å². The topological polar surface area (TPSA) is 69.5 Å². The van der Waals surface area contributed by atoms with Gasteiger partial charge in [0.05, 0.1) is 32.4 Å². The molecule has 1 saturated heterocycles. The normalized spacial score (nSPS) is 17.3. The second kappa shape index (κ2) is 6.38. The van der Waals surface area contributed by atoms with E-state index < -0.39 is 0 Å². The van der Waals surface area contributed by atoms with Crippen molar-refractivity contribution in [1.82, 2.24) is 19.9 Å². The van der Waals surface area contributed by atoms with Gasteiger partial charge in [-0.25, -0.2) is 4.68 Å². The standard InChI is InChI=1S/C18H22N4O3/c1-24-16-6-3-12(7-17(16)25-2)8-18(23)21-9-14(10-21)22-11-15(19-20-22)13-4-5-13/h3,6-7,11,13-14H,4-5,8-10H2,1-2H3. The van der Waals surface area contributed by atoms with E-state index in [1.807, 2.05) is 34.0 Å². The Bertz CT molecular complexity index is 778. The van der Waals surface area contributed by atoms with E-state index in [2.05, 4.69) is 10.3 Å². The van der Waals surface area contributed by atoms with Gasteiger partial charge in [0.2, 0.25) is 5.91 Å². The van der Waals surface area contributed by atoms with Crippen molar-refractivity contribution in [2.75, 3.05) is 27.3 Å². The molecule has 2 fully saturated rings. The first-order chi connectivity index (χ1) is 12.2. The van der Waals surface area contributed by atoms with Crippen LogP contribution in [0, 0.1) is 0 Å². The molecule has 1 aliphatic carbocycles. The molecule has 0 N–H and O–H groups in total. The fourth-order valence-electron chi connectivity index (χ4n) is 3.14. The summed E-state index contributed by atoms with van der Waals surface area (Å²) < 4.78 is 12.4. The maximum absolute atomic E-state index is 12.5. The summed E-state index contributed by atoms with van der Waals surface area (Å²) in [4.78, 5) is 14.3. The van der Waals surface area contributed by atoms with Gasteiger partial charge in [-0.1, -0.05) is 11.3 Å². The Kier molecular flexibility index (Phi) is 4.07. The fourth-order valence-corrected chi connectivity index (χ4v) is 3.14. The zero-order valence-corrected chi connectivity index (χ0v) is 14.5. The lowest BCUT2D eigenvalue weighted by Crippen LogP contribution is -2.51. The number of ether oxygens (including phenoxy) is 2. The summed E-state index contributed by atoms with van der Waals surface area (Å²) in [6.07, 6.45) is 4.84. The summed E-state index contributed by atoms with van der Waals surface area (Å²) in [6.45, 7) is 1.39. The maximum Gasteiger partial charge on any atom is 0.227 e. The van der Waals surface area contributed by atoms with Crippen LogP contribution in [0.4, 0.5) is 0 Å². The van der Waals surface area contributed by atoms with Crippen LogP contribution >= 0.6 is 0 Å². The minimum absolute atomic E-state index is 0.117. The van der Waals surface area contributed by atoms with Crippen molar-refractivity contribution in [2.24, 2.45) is 0 Å². The smallest absolute Gasteiger partial charge is 0.227 e. The largest absolute Gasteiger partial charge is 0.493 e. The molecule has 1 aromatic carbocycles. The number of carbonyl (C=O) groups excluding carboxylic acids is 1. The number of amides is 1. The molecule has 0 atom stereocenters. The van der Waals surface area contributed by atoms with Crippen LogP contribution < -0.4 is 9.47 Å². The highest BCUT2D eigenvalue weighted by Crippen LogP contribution is 2.39. The van der Waals surface area contributed by atoms with Crippen molar-refractivity contribution in [3.05, 3.63) is 35.7 Å². The summed E-state index contributed by atoms with van der Waals surface area (Å²) >= 11 is 0. The van der Waals surface area contributed by atoms with Crippen LogP contribution in [-0.4, -0.2) is 53.1 Å². The van der Waals surface area contributed by atoms with Crippen molar-refractivity contribution in [3.63, 3.8) is 0 Å². The van der Waals surface area contributed by atoms with E-state index in [0.717, 1.165) is 11.3 Å². The molecule has 0 spiro atoms. The maximum atomic E-state index is 12.5. The van der Waals surface area contributed by atoms with Crippen LogP contribution in [0.2, 0.25) is 0 Å². The molecule has 2 heterocycles. The number of likely N-dealkylation sites (tertiary alicyclic amines) is 1. The molecule has 1 amide bonds. The number of carbonyl (C=O) groups is 1. The van der Waals surface area contributed by atoms with Gasteiger partial charge in [-0.05, 0) is 30.5 Å². The number of aromatic nitrogens is 3. The average Bonchev–Trinajstić information content (AvgIpc) is 3.32. The fraction of sp³-hybridized carbons (Fsp3) is 0.500. The lowest BCUT2D eigenvalue weighted by molar-refractivity contribution is -0.136. The Morgan fingerprint density at radius 1 is 1.20 bits per heavy atom. The van der Waals surface area contributed by atoms with E-state index in [1.54, 1.807) is 14.2 Å². The zero-order chi connectivity index (χ0) is 17.4. The predicted molar refractivity (Wildman–Crippen MR) is 90.9 cm³/mol. The van der Waals surface area contributed by atoms with Crippen molar-refractivity contribution < 1.29 is 14.3 Å². The molecule has 7 heteroatoms. The highest BCUT2D eigenvalue weighted by atomic mass is 16.5. The van der Waals surface area contributed by atoms with Gasteiger partial charge in [-0.2, -0.15) is 0 Å². The highest BCUT2D eigenvalue weighted by Gasteiger charge is 2.34. The molecule has 1 aliphatic heterocycles. The van der Waals surface area contributed by atoms with Gasteiger partial charge in [0, 0.05) is 25.2 Å². The molecule has 0 radical (unpaired) electrons. The second-order valence-electron chi connectivity index (χ2n) is 6.72. The lowest BCUT2D eigenvalue weighted by atomic mass is 10.1. The van der Waals surface area contributed by atoms with E-state index in [9.17, 15) is 4.79 Å². The Balaban J connectivity index is 1.33.